The zero-order valence-corrected chi connectivity index (χ0v) is 12.9. The summed E-state index contributed by atoms with van der Waals surface area (Å²) in [7, 11) is 0. The molecule has 0 atom stereocenters. The third-order valence-electron chi connectivity index (χ3n) is 3.95. The van der Waals surface area contributed by atoms with Gasteiger partial charge in [0.25, 0.3) is 5.82 Å². The van der Waals surface area contributed by atoms with Crippen LogP contribution in [0.4, 0.5) is 19.0 Å². The van der Waals surface area contributed by atoms with Crippen LogP contribution < -0.4 is 4.90 Å². The summed E-state index contributed by atoms with van der Waals surface area (Å²) in [5.41, 5.74) is 0.100. The lowest BCUT2D eigenvalue weighted by Gasteiger charge is -2.22. The predicted octanol–water partition coefficient (Wildman–Crippen LogP) is 2.07. The van der Waals surface area contributed by atoms with E-state index in [1.54, 1.807) is 6.07 Å². The highest BCUT2D eigenvalue weighted by Gasteiger charge is 2.37. The van der Waals surface area contributed by atoms with Gasteiger partial charge in [0.2, 0.25) is 0 Å². The van der Waals surface area contributed by atoms with Gasteiger partial charge in [-0.05, 0) is 38.1 Å². The minimum absolute atomic E-state index is 0.100. The molecule has 2 aromatic rings. The summed E-state index contributed by atoms with van der Waals surface area (Å²) in [5.74, 6) is -0.557. The molecule has 23 heavy (non-hydrogen) atoms. The summed E-state index contributed by atoms with van der Waals surface area (Å²) in [6.07, 6.45) is -2.50. The highest BCUT2D eigenvalue weighted by molar-refractivity contribution is 5.46. The number of hydrogen-bond acceptors (Lipinski definition) is 5. The monoisotopic (exact) mass is 328 g/mol. The maximum absolute atomic E-state index is 12.9. The third-order valence-corrected chi connectivity index (χ3v) is 3.95. The van der Waals surface area contributed by atoms with E-state index in [1.807, 2.05) is 4.90 Å². The molecule has 1 aliphatic rings. The summed E-state index contributed by atoms with van der Waals surface area (Å²) >= 11 is 0. The van der Waals surface area contributed by atoms with Crippen molar-refractivity contribution in [2.75, 3.05) is 37.6 Å². The summed E-state index contributed by atoms with van der Waals surface area (Å²) in [4.78, 5) is 4.40. The molecule has 0 aromatic carbocycles. The van der Waals surface area contributed by atoms with Gasteiger partial charge in [-0.3, -0.25) is 0 Å². The van der Waals surface area contributed by atoms with Crippen LogP contribution >= 0.6 is 0 Å². The van der Waals surface area contributed by atoms with Crippen LogP contribution in [0.2, 0.25) is 0 Å². The molecule has 1 fully saturated rings. The van der Waals surface area contributed by atoms with Gasteiger partial charge in [-0.15, -0.1) is 15.3 Å². The Kier molecular flexibility index (Phi) is 4.38. The van der Waals surface area contributed by atoms with E-state index < -0.39 is 12.0 Å². The number of nitrogens with zero attached hydrogens (tertiary/aromatic N) is 6. The quantitative estimate of drug-likeness (QED) is 0.863. The van der Waals surface area contributed by atoms with Gasteiger partial charge >= 0.3 is 6.18 Å². The maximum Gasteiger partial charge on any atom is 0.453 e. The van der Waals surface area contributed by atoms with Gasteiger partial charge in [-0.25, -0.2) is 0 Å². The van der Waals surface area contributed by atoms with Gasteiger partial charge < -0.3 is 9.80 Å². The largest absolute Gasteiger partial charge is 0.453 e. The Morgan fingerprint density at radius 2 is 1.91 bits per heavy atom. The van der Waals surface area contributed by atoms with Crippen LogP contribution in [0, 0.1) is 0 Å². The van der Waals surface area contributed by atoms with Crippen molar-refractivity contribution in [3.05, 3.63) is 18.0 Å². The molecule has 0 saturated carbocycles. The van der Waals surface area contributed by atoms with E-state index in [1.165, 1.54) is 6.07 Å². The topological polar surface area (TPSA) is 49.6 Å². The van der Waals surface area contributed by atoms with Crippen molar-refractivity contribution in [2.24, 2.45) is 0 Å². The predicted molar refractivity (Wildman–Crippen MR) is 79.3 cm³/mol. The first-order valence-electron chi connectivity index (χ1n) is 7.76. The molecule has 3 heterocycles. The van der Waals surface area contributed by atoms with Gasteiger partial charge in [0.05, 0.1) is 0 Å². The fourth-order valence-corrected chi connectivity index (χ4v) is 2.86. The molecular formula is C14H19F3N6. The van der Waals surface area contributed by atoms with Crippen LogP contribution in [-0.4, -0.2) is 57.4 Å². The van der Waals surface area contributed by atoms with E-state index in [9.17, 15) is 13.2 Å². The number of hydrogen-bond donors (Lipinski definition) is 0. The van der Waals surface area contributed by atoms with Gasteiger partial charge in [0.1, 0.15) is 5.82 Å². The first kappa shape index (κ1) is 16.0. The molecule has 0 unspecified atom stereocenters. The highest BCUT2D eigenvalue weighted by Crippen LogP contribution is 2.28. The van der Waals surface area contributed by atoms with E-state index in [0.717, 1.165) is 50.1 Å². The lowest BCUT2D eigenvalue weighted by molar-refractivity contribution is -0.146. The van der Waals surface area contributed by atoms with Crippen LogP contribution in [0.1, 0.15) is 25.6 Å². The van der Waals surface area contributed by atoms with Crippen molar-refractivity contribution < 1.29 is 13.2 Å². The molecule has 0 spiro atoms. The fraction of sp³-hybridized carbons (Fsp3) is 0.643. The normalized spacial score (nSPS) is 17.7. The third kappa shape index (κ3) is 3.39. The molecule has 0 radical (unpaired) electrons. The van der Waals surface area contributed by atoms with E-state index in [0.29, 0.717) is 5.82 Å². The first-order valence-corrected chi connectivity index (χ1v) is 7.76. The molecule has 0 amide bonds. The summed E-state index contributed by atoms with van der Waals surface area (Å²) in [5, 5.41) is 10.9. The molecule has 0 bridgehead atoms. The van der Waals surface area contributed by atoms with Gasteiger partial charge in [-0.2, -0.15) is 17.7 Å². The second-order valence-corrected chi connectivity index (χ2v) is 5.67. The lowest BCUT2D eigenvalue weighted by Crippen LogP contribution is -2.32. The van der Waals surface area contributed by atoms with Crippen LogP contribution in [0.25, 0.3) is 5.65 Å². The second-order valence-electron chi connectivity index (χ2n) is 5.67. The van der Waals surface area contributed by atoms with E-state index >= 15 is 0 Å². The zero-order chi connectivity index (χ0) is 16.4. The number of anilines is 1. The van der Waals surface area contributed by atoms with E-state index in [-0.39, 0.29) is 5.65 Å². The minimum atomic E-state index is -4.57. The summed E-state index contributed by atoms with van der Waals surface area (Å²) in [6, 6.07) is 3.24. The molecular weight excluding hydrogens is 309 g/mol. The molecule has 0 N–H and O–H groups in total. The van der Waals surface area contributed by atoms with Gasteiger partial charge in [-0.1, -0.05) is 6.92 Å². The number of alkyl halides is 3. The number of fused-ring (bicyclic) bond motifs is 1. The van der Waals surface area contributed by atoms with Crippen molar-refractivity contribution in [3.8, 4) is 0 Å². The lowest BCUT2D eigenvalue weighted by atomic mass is 10.3. The molecule has 2 aromatic heterocycles. The fourth-order valence-electron chi connectivity index (χ4n) is 2.86. The van der Waals surface area contributed by atoms with Gasteiger partial charge in [0, 0.05) is 19.6 Å². The Morgan fingerprint density at radius 3 is 2.65 bits per heavy atom. The molecule has 3 rings (SSSR count). The Bertz CT molecular complexity index is 668. The smallest absolute Gasteiger partial charge is 0.354 e. The van der Waals surface area contributed by atoms with Crippen LogP contribution in [0.5, 0.6) is 0 Å². The molecule has 9 heteroatoms. The average Bonchev–Trinajstić information content (AvgIpc) is 2.80. The number of halogens is 3. The minimum Gasteiger partial charge on any atom is -0.354 e. The van der Waals surface area contributed by atoms with Crippen LogP contribution in [0.3, 0.4) is 0 Å². The number of rotatable bonds is 3. The van der Waals surface area contributed by atoms with Crippen molar-refractivity contribution in [1.29, 1.82) is 0 Å². The van der Waals surface area contributed by atoms with Crippen molar-refractivity contribution in [1.82, 2.24) is 24.7 Å². The van der Waals surface area contributed by atoms with Crippen molar-refractivity contribution in [2.45, 2.75) is 25.9 Å². The van der Waals surface area contributed by atoms with Crippen LogP contribution in [-0.2, 0) is 6.18 Å². The SMILES string of the molecule is CCCN1CCCN(c2ccc3nnc(C(F)(F)F)n3n2)CC1. The Morgan fingerprint density at radius 1 is 1.09 bits per heavy atom. The molecule has 1 aliphatic heterocycles. The number of aromatic nitrogens is 4. The Balaban J connectivity index is 1.85. The van der Waals surface area contributed by atoms with E-state index in [2.05, 4.69) is 27.1 Å². The van der Waals surface area contributed by atoms with Crippen molar-refractivity contribution in [3.63, 3.8) is 0 Å². The maximum atomic E-state index is 12.9. The summed E-state index contributed by atoms with van der Waals surface area (Å²) < 4.78 is 39.6. The highest BCUT2D eigenvalue weighted by atomic mass is 19.4. The summed E-state index contributed by atoms with van der Waals surface area (Å²) in [6.45, 7) is 6.62. The average molecular weight is 328 g/mol. The molecule has 126 valence electrons. The molecule has 0 aliphatic carbocycles. The van der Waals surface area contributed by atoms with E-state index in [4.69, 9.17) is 0 Å². The first-order chi connectivity index (χ1) is 11.0. The Labute approximate surface area is 131 Å². The van der Waals surface area contributed by atoms with Crippen LogP contribution in [0.15, 0.2) is 12.1 Å². The van der Waals surface area contributed by atoms with Crippen molar-refractivity contribution >= 4 is 11.5 Å². The molecule has 6 nitrogen and oxygen atoms in total. The second kappa shape index (κ2) is 6.31. The zero-order valence-electron chi connectivity index (χ0n) is 12.9. The molecule has 1 saturated heterocycles. The standard InChI is InChI=1S/C14H19F3N6/c1-2-6-21-7-3-8-22(10-9-21)12-5-4-11-18-19-13(14(15,16)17)23(11)20-12/h4-5H,2-3,6-10H2,1H3. The van der Waals surface area contributed by atoms with Gasteiger partial charge in [0.15, 0.2) is 5.65 Å². The Hall–Kier alpha value is -1.90.